The van der Waals surface area contributed by atoms with Gasteiger partial charge in [0.2, 0.25) is 0 Å². The van der Waals surface area contributed by atoms with Gasteiger partial charge in [-0.2, -0.15) is 0 Å². The van der Waals surface area contributed by atoms with Crippen LogP contribution in [-0.2, 0) is 0 Å². The first-order chi connectivity index (χ1) is 8.19. The van der Waals surface area contributed by atoms with Gasteiger partial charge >= 0.3 is 6.03 Å². The number of halogens is 1. The molecule has 0 aromatic heterocycles. The molecule has 5 nitrogen and oxygen atoms in total. The van der Waals surface area contributed by atoms with Gasteiger partial charge in [0.1, 0.15) is 11.7 Å². The van der Waals surface area contributed by atoms with Gasteiger partial charge in [-0.1, -0.05) is 0 Å². The molecule has 1 aromatic carbocycles. The summed E-state index contributed by atoms with van der Waals surface area (Å²) in [4.78, 5) is 11.5. The predicted octanol–water partition coefficient (Wildman–Crippen LogP) is 2.03. The van der Waals surface area contributed by atoms with Crippen LogP contribution in [0.5, 0.6) is 0 Å². The maximum absolute atomic E-state index is 13.6. The summed E-state index contributed by atoms with van der Waals surface area (Å²) in [6, 6.07) is 3.46. The largest absolute Gasteiger partial charge is 0.384 e. The highest BCUT2D eigenvalue weighted by atomic mass is 19.1. The lowest BCUT2D eigenvalue weighted by atomic mass is 10.1. The van der Waals surface area contributed by atoms with Crippen molar-refractivity contribution in [1.82, 2.24) is 5.32 Å². The van der Waals surface area contributed by atoms with Crippen molar-refractivity contribution in [3.8, 4) is 0 Å². The molecule has 0 spiro atoms. The van der Waals surface area contributed by atoms with Gasteiger partial charge in [-0.3, -0.25) is 5.41 Å². The molecule has 18 heavy (non-hydrogen) atoms. The molecule has 0 heterocycles. The van der Waals surface area contributed by atoms with Gasteiger partial charge in [0.05, 0.1) is 5.69 Å². The van der Waals surface area contributed by atoms with Crippen LogP contribution in [0.2, 0.25) is 0 Å². The summed E-state index contributed by atoms with van der Waals surface area (Å²) in [6.45, 7) is 5.46. The first kappa shape index (κ1) is 14.0. The van der Waals surface area contributed by atoms with E-state index in [0.717, 1.165) is 6.07 Å². The van der Waals surface area contributed by atoms with Gasteiger partial charge in [0.25, 0.3) is 0 Å². The van der Waals surface area contributed by atoms with Gasteiger partial charge in [0, 0.05) is 11.1 Å². The summed E-state index contributed by atoms with van der Waals surface area (Å²) in [6.07, 6.45) is 0. The number of hydrogen-bond donors (Lipinski definition) is 4. The molecular formula is C12H17FN4O. The Labute approximate surface area is 105 Å². The van der Waals surface area contributed by atoms with E-state index in [9.17, 15) is 9.18 Å². The van der Waals surface area contributed by atoms with Crippen molar-refractivity contribution in [2.24, 2.45) is 5.73 Å². The van der Waals surface area contributed by atoms with Crippen LogP contribution in [0.25, 0.3) is 0 Å². The minimum absolute atomic E-state index is 0.0433. The molecule has 0 fully saturated rings. The van der Waals surface area contributed by atoms with E-state index >= 15 is 0 Å². The lowest BCUT2D eigenvalue weighted by molar-refractivity contribution is 0.243. The summed E-state index contributed by atoms with van der Waals surface area (Å²) in [5, 5.41) is 12.2. The number of carbonyl (C=O) groups excluding carboxylic acids is 1. The minimum Gasteiger partial charge on any atom is -0.384 e. The summed E-state index contributed by atoms with van der Waals surface area (Å²) in [5.41, 5.74) is 5.15. The van der Waals surface area contributed by atoms with Gasteiger partial charge in [-0.05, 0) is 39.0 Å². The van der Waals surface area contributed by atoms with Crippen molar-refractivity contribution in [3.63, 3.8) is 0 Å². The monoisotopic (exact) mass is 252 g/mol. The Balaban J connectivity index is 2.80. The third-order valence-electron chi connectivity index (χ3n) is 2.02. The number of nitrogens with two attached hydrogens (primary N) is 1. The summed E-state index contributed by atoms with van der Waals surface area (Å²) in [7, 11) is 0. The second-order valence-corrected chi connectivity index (χ2v) is 4.94. The Morgan fingerprint density at radius 1 is 1.39 bits per heavy atom. The van der Waals surface area contributed by atoms with Crippen LogP contribution in [0.4, 0.5) is 14.9 Å². The standard InChI is InChI=1S/C12H17FN4O/c1-12(2,3)17-11(18)16-9-5-4-7(10(14)15)6-8(9)13/h4-6H,1-3H3,(H3,14,15)(H2,16,17,18). The Bertz CT molecular complexity index is 479. The number of amidine groups is 1. The average molecular weight is 252 g/mol. The third kappa shape index (κ3) is 4.04. The van der Waals surface area contributed by atoms with E-state index < -0.39 is 17.4 Å². The highest BCUT2D eigenvalue weighted by Crippen LogP contribution is 2.15. The van der Waals surface area contributed by atoms with E-state index in [4.69, 9.17) is 11.1 Å². The smallest absolute Gasteiger partial charge is 0.319 e. The van der Waals surface area contributed by atoms with E-state index in [-0.39, 0.29) is 17.1 Å². The summed E-state index contributed by atoms with van der Waals surface area (Å²) < 4.78 is 13.6. The van der Waals surface area contributed by atoms with E-state index in [0.29, 0.717) is 0 Å². The van der Waals surface area contributed by atoms with Crippen molar-refractivity contribution in [2.75, 3.05) is 5.32 Å². The van der Waals surface area contributed by atoms with Crippen molar-refractivity contribution in [3.05, 3.63) is 29.6 Å². The zero-order valence-corrected chi connectivity index (χ0v) is 10.6. The molecular weight excluding hydrogens is 235 g/mol. The molecule has 0 bridgehead atoms. The highest BCUT2D eigenvalue weighted by Gasteiger charge is 2.15. The van der Waals surface area contributed by atoms with Crippen LogP contribution >= 0.6 is 0 Å². The Kier molecular flexibility index (Phi) is 3.90. The van der Waals surface area contributed by atoms with Crippen LogP contribution in [0, 0.1) is 11.2 Å². The third-order valence-corrected chi connectivity index (χ3v) is 2.02. The lowest BCUT2D eigenvalue weighted by Crippen LogP contribution is -2.43. The molecule has 1 rings (SSSR count). The van der Waals surface area contributed by atoms with Crippen molar-refractivity contribution in [1.29, 1.82) is 5.41 Å². The molecule has 0 unspecified atom stereocenters. The minimum atomic E-state index is -0.633. The van der Waals surface area contributed by atoms with Crippen LogP contribution in [0.15, 0.2) is 18.2 Å². The second-order valence-electron chi connectivity index (χ2n) is 4.94. The molecule has 6 heteroatoms. The molecule has 0 radical (unpaired) electrons. The van der Waals surface area contributed by atoms with Crippen molar-refractivity contribution in [2.45, 2.75) is 26.3 Å². The van der Waals surface area contributed by atoms with Crippen LogP contribution in [0.3, 0.4) is 0 Å². The second kappa shape index (κ2) is 5.03. The number of hydrogen-bond acceptors (Lipinski definition) is 2. The maximum atomic E-state index is 13.6. The highest BCUT2D eigenvalue weighted by molar-refractivity contribution is 5.96. The van der Waals surface area contributed by atoms with Gasteiger partial charge in [0.15, 0.2) is 0 Å². The Morgan fingerprint density at radius 2 is 2.00 bits per heavy atom. The van der Waals surface area contributed by atoms with Gasteiger partial charge in [-0.25, -0.2) is 9.18 Å². The van der Waals surface area contributed by atoms with E-state index in [1.54, 1.807) is 0 Å². The van der Waals surface area contributed by atoms with Gasteiger partial charge < -0.3 is 16.4 Å². The van der Waals surface area contributed by atoms with Crippen molar-refractivity contribution < 1.29 is 9.18 Å². The topological polar surface area (TPSA) is 91.0 Å². The van der Waals surface area contributed by atoms with Crippen LogP contribution in [-0.4, -0.2) is 17.4 Å². The molecule has 0 atom stereocenters. The van der Waals surface area contributed by atoms with Gasteiger partial charge in [-0.15, -0.1) is 0 Å². The molecule has 0 aliphatic carbocycles. The molecule has 0 aliphatic heterocycles. The molecule has 0 saturated carbocycles. The SMILES string of the molecule is CC(C)(C)NC(=O)Nc1ccc(C(=N)N)cc1F. The fourth-order valence-corrected chi connectivity index (χ4v) is 1.28. The fourth-order valence-electron chi connectivity index (χ4n) is 1.28. The number of carbonyl (C=O) groups is 1. The van der Waals surface area contributed by atoms with E-state index in [2.05, 4.69) is 10.6 Å². The zero-order chi connectivity index (χ0) is 13.9. The van der Waals surface area contributed by atoms with E-state index in [1.165, 1.54) is 12.1 Å². The van der Waals surface area contributed by atoms with Crippen LogP contribution < -0.4 is 16.4 Å². The molecule has 5 N–H and O–H groups in total. The number of nitrogen functional groups attached to an aromatic ring is 1. The molecule has 1 aromatic rings. The lowest BCUT2D eigenvalue weighted by Gasteiger charge is -2.20. The number of urea groups is 1. The fraction of sp³-hybridized carbons (Fsp3) is 0.333. The van der Waals surface area contributed by atoms with Crippen LogP contribution in [0.1, 0.15) is 26.3 Å². The Hall–Kier alpha value is -2.11. The maximum Gasteiger partial charge on any atom is 0.319 e. The molecule has 0 saturated heterocycles. The quantitative estimate of drug-likeness (QED) is 0.479. The first-order valence-corrected chi connectivity index (χ1v) is 5.42. The summed E-state index contributed by atoms with van der Waals surface area (Å²) in [5.74, 6) is -0.855. The number of amides is 2. The number of anilines is 1. The average Bonchev–Trinajstić information content (AvgIpc) is 2.17. The van der Waals surface area contributed by atoms with Crippen molar-refractivity contribution >= 4 is 17.6 Å². The predicted molar refractivity (Wildman–Crippen MR) is 69.3 cm³/mol. The first-order valence-electron chi connectivity index (χ1n) is 5.42. The Morgan fingerprint density at radius 3 is 2.44 bits per heavy atom. The zero-order valence-electron chi connectivity index (χ0n) is 10.6. The normalized spacial score (nSPS) is 10.9. The number of nitrogens with one attached hydrogen (secondary N) is 3. The summed E-state index contributed by atoms with van der Waals surface area (Å²) >= 11 is 0. The number of benzene rings is 1. The molecule has 98 valence electrons. The van der Waals surface area contributed by atoms with E-state index in [1.807, 2.05) is 20.8 Å². The molecule has 2 amide bonds. The molecule has 0 aliphatic rings. The number of rotatable bonds is 2.